The Hall–Kier alpha value is -1.31. The highest BCUT2D eigenvalue weighted by Gasteiger charge is 2.13. The van der Waals surface area contributed by atoms with E-state index in [9.17, 15) is 0 Å². The zero-order valence-corrected chi connectivity index (χ0v) is 13.6. The van der Waals surface area contributed by atoms with Crippen molar-refractivity contribution in [3.8, 4) is 5.88 Å². The van der Waals surface area contributed by atoms with Gasteiger partial charge in [0.1, 0.15) is 10.8 Å². The Morgan fingerprint density at radius 3 is 3.15 bits per heavy atom. The van der Waals surface area contributed by atoms with E-state index in [1.54, 1.807) is 24.6 Å². The zero-order chi connectivity index (χ0) is 14.1. The van der Waals surface area contributed by atoms with Gasteiger partial charge in [-0.25, -0.2) is 4.98 Å². The molecule has 0 saturated heterocycles. The molecule has 3 heterocycles. The van der Waals surface area contributed by atoms with Crippen LogP contribution in [0.1, 0.15) is 5.69 Å². The highest BCUT2D eigenvalue weighted by atomic mass is 79.9. The molecule has 3 aromatic rings. The molecule has 3 rings (SSSR count). The molecule has 0 radical (unpaired) electrons. The number of anilines is 1. The van der Waals surface area contributed by atoms with Crippen molar-refractivity contribution in [2.24, 2.45) is 0 Å². The van der Waals surface area contributed by atoms with Gasteiger partial charge in [-0.1, -0.05) is 11.6 Å². The maximum atomic E-state index is 5.87. The van der Waals surface area contributed by atoms with E-state index >= 15 is 0 Å². The monoisotopic (exact) mass is 372 g/mol. The Morgan fingerprint density at radius 1 is 1.55 bits per heavy atom. The highest BCUT2D eigenvalue weighted by molar-refractivity contribution is 9.10. The summed E-state index contributed by atoms with van der Waals surface area (Å²) in [6.45, 7) is 0.580. The molecule has 3 aromatic heterocycles. The number of fused-ring (bicyclic) bond motifs is 1. The molecule has 1 N–H and O–H groups in total. The summed E-state index contributed by atoms with van der Waals surface area (Å²) in [4.78, 5) is 9.40. The van der Waals surface area contributed by atoms with Crippen molar-refractivity contribution >= 4 is 49.5 Å². The van der Waals surface area contributed by atoms with Crippen molar-refractivity contribution in [3.05, 3.63) is 39.2 Å². The lowest BCUT2D eigenvalue weighted by Crippen LogP contribution is -2.04. The largest absolute Gasteiger partial charge is 0.480 e. The first-order valence-corrected chi connectivity index (χ1v) is 7.77. The Balaban J connectivity index is 1.85. The lowest BCUT2D eigenvalue weighted by atomic mass is 10.4. The number of ether oxygens (including phenoxy) is 1. The second-order valence-electron chi connectivity index (χ2n) is 3.97. The summed E-state index contributed by atoms with van der Waals surface area (Å²) in [6, 6.07) is 1.88. The zero-order valence-electron chi connectivity index (χ0n) is 10.4. The van der Waals surface area contributed by atoms with Crippen LogP contribution in [0.2, 0.25) is 5.15 Å². The van der Waals surface area contributed by atoms with Gasteiger partial charge in [0.25, 0.3) is 0 Å². The van der Waals surface area contributed by atoms with E-state index < -0.39 is 0 Å². The van der Waals surface area contributed by atoms with E-state index in [1.807, 2.05) is 22.0 Å². The van der Waals surface area contributed by atoms with Crippen LogP contribution in [0.15, 0.2) is 28.3 Å². The number of nitrogens with zero attached hydrogens (tertiary/aromatic N) is 3. The Morgan fingerprint density at radius 2 is 2.40 bits per heavy atom. The molecular formula is C12H10BrClN4OS. The summed E-state index contributed by atoms with van der Waals surface area (Å²) < 4.78 is 8.07. The number of hydrogen-bond donors (Lipinski definition) is 1. The molecule has 0 aliphatic carbocycles. The molecule has 0 unspecified atom stereocenters. The molecule has 0 bridgehead atoms. The third-order valence-corrected chi connectivity index (χ3v) is 4.66. The lowest BCUT2D eigenvalue weighted by Gasteiger charge is -2.07. The number of rotatable bonds is 4. The summed E-state index contributed by atoms with van der Waals surface area (Å²) >= 11 is 10.8. The first-order valence-electron chi connectivity index (χ1n) is 5.72. The number of pyridine rings is 1. The summed E-state index contributed by atoms with van der Waals surface area (Å²) in [6.07, 6.45) is 3.66. The standard InChI is InChI=1S/C12H10BrClN4OS/c1-19-11-9(18-2-3-20-12(18)17-11)6-15-7-4-8(13)10(14)16-5-7/h2-5,15H,6H2,1H3. The fourth-order valence-electron chi connectivity index (χ4n) is 1.84. The van der Waals surface area contributed by atoms with E-state index in [4.69, 9.17) is 16.3 Å². The first kappa shape index (κ1) is 13.7. The molecular weight excluding hydrogens is 364 g/mol. The molecule has 20 heavy (non-hydrogen) atoms. The van der Waals surface area contributed by atoms with Crippen LogP contribution < -0.4 is 10.1 Å². The van der Waals surface area contributed by atoms with Gasteiger partial charge >= 0.3 is 0 Å². The van der Waals surface area contributed by atoms with Crippen LogP contribution in [-0.4, -0.2) is 21.5 Å². The number of thiazole rings is 1. The fraction of sp³-hybridized carbons (Fsp3) is 0.167. The normalized spacial score (nSPS) is 10.9. The fourth-order valence-corrected chi connectivity index (χ4v) is 3.02. The van der Waals surface area contributed by atoms with Gasteiger partial charge in [0.2, 0.25) is 5.88 Å². The Kier molecular flexibility index (Phi) is 3.82. The van der Waals surface area contributed by atoms with Gasteiger partial charge in [0.15, 0.2) is 4.96 Å². The van der Waals surface area contributed by atoms with E-state index in [0.717, 1.165) is 20.8 Å². The van der Waals surface area contributed by atoms with Gasteiger partial charge in [-0.05, 0) is 22.0 Å². The molecule has 0 saturated carbocycles. The molecule has 0 aromatic carbocycles. The molecule has 104 valence electrons. The van der Waals surface area contributed by atoms with Crippen molar-refractivity contribution in [2.45, 2.75) is 6.54 Å². The number of halogens is 2. The predicted molar refractivity (Wildman–Crippen MR) is 83.9 cm³/mol. The van der Waals surface area contributed by atoms with Crippen molar-refractivity contribution in [3.63, 3.8) is 0 Å². The van der Waals surface area contributed by atoms with Crippen LogP contribution in [-0.2, 0) is 6.54 Å². The third-order valence-electron chi connectivity index (χ3n) is 2.77. The number of nitrogens with one attached hydrogen (secondary N) is 1. The second kappa shape index (κ2) is 5.59. The quantitative estimate of drug-likeness (QED) is 0.706. The maximum Gasteiger partial charge on any atom is 0.238 e. The van der Waals surface area contributed by atoms with Gasteiger partial charge < -0.3 is 10.1 Å². The van der Waals surface area contributed by atoms with Crippen LogP contribution >= 0.6 is 38.9 Å². The minimum Gasteiger partial charge on any atom is -0.480 e. The van der Waals surface area contributed by atoms with Crippen LogP contribution in [0.4, 0.5) is 5.69 Å². The summed E-state index contributed by atoms with van der Waals surface area (Å²) in [5.41, 5.74) is 1.84. The predicted octanol–water partition coefficient (Wildman–Crippen LogP) is 3.83. The van der Waals surface area contributed by atoms with Crippen LogP contribution in [0.25, 0.3) is 4.96 Å². The average molecular weight is 374 g/mol. The molecule has 0 fully saturated rings. The number of methoxy groups -OCH3 is 1. The number of hydrogen-bond acceptors (Lipinski definition) is 5. The molecule has 0 aliphatic heterocycles. The van der Waals surface area contributed by atoms with Crippen LogP contribution in [0, 0.1) is 0 Å². The van der Waals surface area contributed by atoms with Crippen molar-refractivity contribution in [2.75, 3.05) is 12.4 Å². The topological polar surface area (TPSA) is 51.5 Å². The molecule has 0 spiro atoms. The van der Waals surface area contributed by atoms with Crippen LogP contribution in [0.5, 0.6) is 5.88 Å². The molecule has 8 heteroatoms. The van der Waals surface area contributed by atoms with Gasteiger partial charge in [-0.3, -0.25) is 4.40 Å². The minimum absolute atomic E-state index is 0.442. The maximum absolute atomic E-state index is 5.87. The smallest absolute Gasteiger partial charge is 0.238 e. The molecule has 0 amide bonds. The van der Waals surface area contributed by atoms with E-state index in [2.05, 4.69) is 31.2 Å². The summed E-state index contributed by atoms with van der Waals surface area (Å²) in [7, 11) is 1.62. The van der Waals surface area contributed by atoms with Crippen molar-refractivity contribution in [1.29, 1.82) is 0 Å². The van der Waals surface area contributed by atoms with Gasteiger partial charge in [-0.15, -0.1) is 11.3 Å². The summed E-state index contributed by atoms with van der Waals surface area (Å²) in [5.74, 6) is 0.630. The van der Waals surface area contributed by atoms with Crippen molar-refractivity contribution in [1.82, 2.24) is 14.4 Å². The van der Waals surface area contributed by atoms with Gasteiger partial charge in [-0.2, -0.15) is 4.98 Å². The minimum atomic E-state index is 0.442. The molecule has 0 aliphatic rings. The third kappa shape index (κ3) is 2.48. The number of imidazole rings is 1. The highest BCUT2D eigenvalue weighted by Crippen LogP contribution is 2.26. The molecule has 0 atom stereocenters. The average Bonchev–Trinajstić information content (AvgIpc) is 3.00. The summed E-state index contributed by atoms with van der Waals surface area (Å²) in [5, 5.41) is 5.72. The van der Waals surface area contributed by atoms with E-state index in [1.165, 1.54) is 0 Å². The van der Waals surface area contributed by atoms with E-state index in [-0.39, 0.29) is 0 Å². The Labute approximate surface area is 132 Å². The van der Waals surface area contributed by atoms with Crippen molar-refractivity contribution < 1.29 is 4.74 Å². The first-order chi connectivity index (χ1) is 9.69. The van der Waals surface area contributed by atoms with E-state index in [0.29, 0.717) is 17.6 Å². The Bertz CT molecular complexity index is 757. The second-order valence-corrected chi connectivity index (χ2v) is 6.06. The van der Waals surface area contributed by atoms with Gasteiger partial charge in [0.05, 0.1) is 30.0 Å². The lowest BCUT2D eigenvalue weighted by molar-refractivity contribution is 0.395. The SMILES string of the molecule is COc1nc2sccn2c1CNc1cnc(Cl)c(Br)c1. The number of aromatic nitrogens is 3. The molecule has 5 nitrogen and oxygen atoms in total. The van der Waals surface area contributed by atoms with Gasteiger partial charge in [0, 0.05) is 11.6 Å². The van der Waals surface area contributed by atoms with Crippen LogP contribution in [0.3, 0.4) is 0 Å².